The van der Waals surface area contributed by atoms with Crippen LogP contribution in [0.1, 0.15) is 35.4 Å². The molecule has 1 fully saturated rings. The van der Waals surface area contributed by atoms with Crippen LogP contribution >= 0.6 is 24.8 Å². The van der Waals surface area contributed by atoms with Crippen LogP contribution in [0.15, 0.2) is 0 Å². The van der Waals surface area contributed by atoms with Crippen LogP contribution in [0.25, 0.3) is 0 Å². The third-order valence-electron chi connectivity index (χ3n) is 3.20. The maximum Gasteiger partial charge on any atom is 0.255 e. The van der Waals surface area contributed by atoms with Crippen molar-refractivity contribution in [3.05, 3.63) is 11.3 Å². The molecule has 4 N–H and O–H groups in total. The zero-order chi connectivity index (χ0) is 13.3. The summed E-state index contributed by atoms with van der Waals surface area (Å²) in [4.78, 5) is 11.5. The van der Waals surface area contributed by atoms with Gasteiger partial charge in [0.25, 0.3) is 5.91 Å². The molecule has 1 aromatic rings. The Labute approximate surface area is 130 Å². The van der Waals surface area contributed by atoms with E-state index in [2.05, 4.69) is 28.6 Å². The molecule has 2 rings (SSSR count). The molecular weight excluding hydrogens is 301 g/mol. The van der Waals surface area contributed by atoms with Crippen molar-refractivity contribution in [2.45, 2.75) is 25.4 Å². The molecular formula is C12H19Cl2N5O. The number of halogens is 2. The molecule has 0 unspecified atom stereocenters. The minimum absolute atomic E-state index is 0. The summed E-state index contributed by atoms with van der Waals surface area (Å²) in [5, 5.41) is 10.6. The van der Waals surface area contributed by atoms with Crippen LogP contribution < -0.4 is 16.4 Å². The molecule has 112 valence electrons. The molecule has 2 heterocycles. The SMILES string of the molecule is C#Cc1nn([C@@H]2CN[C@H](C)C2)c(NC)c1C(N)=O.Cl.Cl. The van der Waals surface area contributed by atoms with Crippen LogP contribution in [0.5, 0.6) is 0 Å². The van der Waals surface area contributed by atoms with Gasteiger partial charge in [-0.25, -0.2) is 4.68 Å². The molecule has 0 spiro atoms. The van der Waals surface area contributed by atoms with E-state index < -0.39 is 5.91 Å². The number of nitrogens with zero attached hydrogens (tertiary/aromatic N) is 2. The molecule has 6 nitrogen and oxygen atoms in total. The zero-order valence-electron chi connectivity index (χ0n) is 11.3. The number of carbonyl (C=O) groups is 1. The van der Waals surface area contributed by atoms with Gasteiger partial charge in [-0.15, -0.1) is 31.2 Å². The molecule has 0 bridgehead atoms. The zero-order valence-corrected chi connectivity index (χ0v) is 13.0. The van der Waals surface area contributed by atoms with Crippen molar-refractivity contribution >= 4 is 36.5 Å². The lowest BCUT2D eigenvalue weighted by molar-refractivity contribution is 0.100. The van der Waals surface area contributed by atoms with Crippen molar-refractivity contribution in [3.63, 3.8) is 0 Å². The summed E-state index contributed by atoms with van der Waals surface area (Å²) in [5.74, 6) is 2.45. The van der Waals surface area contributed by atoms with Crippen LogP contribution in [0.3, 0.4) is 0 Å². The Morgan fingerprint density at radius 3 is 2.65 bits per heavy atom. The fraction of sp³-hybridized carbons (Fsp3) is 0.500. The molecule has 1 amide bonds. The van der Waals surface area contributed by atoms with Crippen molar-refractivity contribution in [1.29, 1.82) is 0 Å². The number of amides is 1. The summed E-state index contributed by atoms with van der Waals surface area (Å²) in [6, 6.07) is 0.609. The highest BCUT2D eigenvalue weighted by molar-refractivity contribution is 6.00. The summed E-state index contributed by atoms with van der Waals surface area (Å²) in [5.41, 5.74) is 5.95. The number of hydrogen-bond acceptors (Lipinski definition) is 4. The first-order valence-electron chi connectivity index (χ1n) is 5.88. The number of nitrogens with two attached hydrogens (primary N) is 1. The van der Waals surface area contributed by atoms with E-state index >= 15 is 0 Å². The first kappa shape index (κ1) is 18.6. The maximum absolute atomic E-state index is 11.5. The summed E-state index contributed by atoms with van der Waals surface area (Å²) in [6.07, 6.45) is 6.32. The summed E-state index contributed by atoms with van der Waals surface area (Å²) in [7, 11) is 1.73. The van der Waals surface area contributed by atoms with Crippen molar-refractivity contribution in [3.8, 4) is 12.3 Å². The first-order valence-corrected chi connectivity index (χ1v) is 5.88. The Hall–Kier alpha value is -1.42. The van der Waals surface area contributed by atoms with Crippen molar-refractivity contribution in [2.24, 2.45) is 5.73 Å². The van der Waals surface area contributed by atoms with Gasteiger partial charge in [0, 0.05) is 19.6 Å². The molecule has 1 aromatic heterocycles. The van der Waals surface area contributed by atoms with E-state index in [9.17, 15) is 4.79 Å². The molecule has 1 aliphatic heterocycles. The lowest BCUT2D eigenvalue weighted by Gasteiger charge is -2.13. The van der Waals surface area contributed by atoms with E-state index in [0.29, 0.717) is 23.1 Å². The van der Waals surface area contributed by atoms with Crippen molar-refractivity contribution in [1.82, 2.24) is 15.1 Å². The fourth-order valence-electron chi connectivity index (χ4n) is 2.37. The number of hydrogen-bond donors (Lipinski definition) is 3. The lowest BCUT2D eigenvalue weighted by Crippen LogP contribution is -2.19. The fourth-order valence-corrected chi connectivity index (χ4v) is 2.37. The standard InChI is InChI=1S/C12H17N5O.2ClH/c1-4-9-10(11(13)18)12(14-3)17(16-9)8-5-7(2)15-6-8;;/h1,7-8,14-15H,5-6H2,2-3H3,(H2,13,18);2*1H/t7-,8+;;/m1../s1. The van der Waals surface area contributed by atoms with Crippen molar-refractivity contribution < 1.29 is 4.79 Å². The Balaban J connectivity index is 0.00000180. The van der Waals surface area contributed by atoms with Gasteiger partial charge in [-0.2, -0.15) is 5.10 Å². The van der Waals surface area contributed by atoms with E-state index in [4.69, 9.17) is 12.2 Å². The number of carbonyl (C=O) groups excluding carboxylic acids is 1. The number of aromatic nitrogens is 2. The molecule has 20 heavy (non-hydrogen) atoms. The number of nitrogens with one attached hydrogen (secondary N) is 2. The second kappa shape index (κ2) is 7.39. The predicted molar refractivity (Wildman–Crippen MR) is 83.8 cm³/mol. The minimum Gasteiger partial charge on any atom is -0.373 e. The molecule has 1 saturated heterocycles. The van der Waals surface area contributed by atoms with Gasteiger partial charge < -0.3 is 16.4 Å². The summed E-state index contributed by atoms with van der Waals surface area (Å²) < 4.78 is 1.77. The van der Waals surface area contributed by atoms with Gasteiger partial charge in [0.15, 0.2) is 0 Å². The predicted octanol–water partition coefficient (Wildman–Crippen LogP) is 0.772. The van der Waals surface area contributed by atoms with E-state index in [1.165, 1.54) is 0 Å². The topological polar surface area (TPSA) is 85.0 Å². The molecule has 1 aliphatic rings. The highest BCUT2D eigenvalue weighted by atomic mass is 35.5. The maximum atomic E-state index is 11.5. The molecule has 8 heteroatoms. The summed E-state index contributed by atoms with van der Waals surface area (Å²) in [6.45, 7) is 2.92. The molecule has 0 saturated carbocycles. The molecule has 2 atom stereocenters. The monoisotopic (exact) mass is 319 g/mol. The average molecular weight is 320 g/mol. The van der Waals surface area contributed by atoms with E-state index in [1.807, 2.05) is 0 Å². The normalized spacial score (nSPS) is 20.4. The average Bonchev–Trinajstić information content (AvgIpc) is 2.91. The van der Waals surface area contributed by atoms with Crippen LogP contribution in [0.2, 0.25) is 0 Å². The Morgan fingerprint density at radius 2 is 2.25 bits per heavy atom. The molecule has 0 aromatic carbocycles. The van der Waals surface area contributed by atoms with E-state index in [1.54, 1.807) is 11.7 Å². The Kier molecular flexibility index (Phi) is 6.86. The van der Waals surface area contributed by atoms with Crippen LogP contribution in [0.4, 0.5) is 5.82 Å². The number of terminal acetylenes is 1. The summed E-state index contributed by atoms with van der Waals surface area (Å²) >= 11 is 0. The lowest BCUT2D eigenvalue weighted by atomic mass is 10.2. The van der Waals surface area contributed by atoms with Gasteiger partial charge in [-0.1, -0.05) is 0 Å². The van der Waals surface area contributed by atoms with Crippen LogP contribution in [-0.2, 0) is 0 Å². The Bertz CT molecular complexity index is 523. The second-order valence-corrected chi connectivity index (χ2v) is 4.47. The van der Waals surface area contributed by atoms with Gasteiger partial charge in [0.2, 0.25) is 0 Å². The smallest absolute Gasteiger partial charge is 0.255 e. The van der Waals surface area contributed by atoms with Crippen molar-refractivity contribution in [2.75, 3.05) is 18.9 Å². The van der Waals surface area contributed by atoms with Gasteiger partial charge in [-0.3, -0.25) is 4.79 Å². The highest BCUT2D eigenvalue weighted by Crippen LogP contribution is 2.27. The minimum atomic E-state index is -0.558. The largest absolute Gasteiger partial charge is 0.373 e. The number of primary amides is 1. The highest BCUT2D eigenvalue weighted by Gasteiger charge is 2.28. The quantitative estimate of drug-likeness (QED) is 0.718. The Morgan fingerprint density at radius 1 is 1.60 bits per heavy atom. The van der Waals surface area contributed by atoms with Crippen LogP contribution in [0, 0.1) is 12.3 Å². The van der Waals surface area contributed by atoms with Crippen LogP contribution in [-0.4, -0.2) is 35.3 Å². The van der Waals surface area contributed by atoms with Gasteiger partial charge in [0.05, 0.1) is 6.04 Å². The van der Waals surface area contributed by atoms with E-state index in [-0.39, 0.29) is 30.9 Å². The number of rotatable bonds is 3. The van der Waals surface area contributed by atoms with Gasteiger partial charge >= 0.3 is 0 Å². The third kappa shape index (κ3) is 3.18. The second-order valence-electron chi connectivity index (χ2n) is 4.47. The van der Waals surface area contributed by atoms with Gasteiger partial charge in [0.1, 0.15) is 17.1 Å². The molecule has 0 radical (unpaired) electrons. The van der Waals surface area contributed by atoms with E-state index in [0.717, 1.165) is 13.0 Å². The number of anilines is 1. The van der Waals surface area contributed by atoms with Gasteiger partial charge in [-0.05, 0) is 19.3 Å². The molecule has 0 aliphatic carbocycles. The first-order chi connectivity index (χ1) is 8.58. The third-order valence-corrected chi connectivity index (χ3v) is 3.20.